The second-order valence-electron chi connectivity index (χ2n) is 5.96. The Bertz CT molecular complexity index is 347. The molecule has 2 atom stereocenters. The molecule has 1 aliphatic rings. The third-order valence-corrected chi connectivity index (χ3v) is 4.06. The Morgan fingerprint density at radius 2 is 1.81 bits per heavy atom. The topological polar surface area (TPSA) is 70.1 Å². The first-order chi connectivity index (χ1) is 9.97. The molecule has 1 N–H and O–H groups in total. The van der Waals surface area contributed by atoms with E-state index in [-0.39, 0.29) is 11.8 Å². The van der Waals surface area contributed by atoms with E-state index >= 15 is 0 Å². The summed E-state index contributed by atoms with van der Waals surface area (Å²) in [6.07, 6.45) is 3.00. The number of ether oxygens (including phenoxy) is 1. The van der Waals surface area contributed by atoms with Crippen LogP contribution in [0.3, 0.4) is 0 Å². The summed E-state index contributed by atoms with van der Waals surface area (Å²) in [6, 6.07) is 0. The molecule has 0 radical (unpaired) electrons. The average Bonchev–Trinajstić information content (AvgIpc) is 2.91. The zero-order valence-corrected chi connectivity index (χ0v) is 13.4. The van der Waals surface area contributed by atoms with Crippen molar-refractivity contribution in [3.05, 3.63) is 0 Å². The Morgan fingerprint density at radius 1 is 1.14 bits per heavy atom. The van der Waals surface area contributed by atoms with Crippen LogP contribution >= 0.6 is 0 Å². The van der Waals surface area contributed by atoms with Gasteiger partial charge >= 0.3 is 5.97 Å². The number of nitrogens with zero attached hydrogens (tertiary/aromatic N) is 2. The minimum absolute atomic E-state index is 0.0179. The summed E-state index contributed by atoms with van der Waals surface area (Å²) < 4.78 is 5.07. The maximum atomic E-state index is 12.6. The highest BCUT2D eigenvalue weighted by Gasteiger charge is 2.39. The first kappa shape index (κ1) is 17.9. The van der Waals surface area contributed by atoms with Crippen LogP contribution in [-0.2, 0) is 14.3 Å². The molecule has 0 aliphatic heterocycles. The molecule has 1 aliphatic carbocycles. The summed E-state index contributed by atoms with van der Waals surface area (Å²) in [7, 11) is 5.61. The van der Waals surface area contributed by atoms with Gasteiger partial charge in [-0.25, -0.2) is 0 Å². The highest BCUT2D eigenvalue weighted by Crippen LogP contribution is 2.33. The van der Waals surface area contributed by atoms with Crippen molar-refractivity contribution >= 4 is 11.9 Å². The molecule has 0 aromatic rings. The van der Waals surface area contributed by atoms with Gasteiger partial charge in [0.25, 0.3) is 0 Å². The van der Waals surface area contributed by atoms with Gasteiger partial charge in [0.15, 0.2) is 0 Å². The molecule has 1 amide bonds. The molecule has 0 heterocycles. The van der Waals surface area contributed by atoms with E-state index < -0.39 is 11.9 Å². The van der Waals surface area contributed by atoms with Crippen LogP contribution in [0.4, 0.5) is 0 Å². The highest BCUT2D eigenvalue weighted by molar-refractivity contribution is 5.85. The highest BCUT2D eigenvalue weighted by atomic mass is 16.5. The lowest BCUT2D eigenvalue weighted by atomic mass is 9.94. The SMILES string of the molecule is COCCN(CCCN(C)C)C(=O)C1CCCC1C(=O)O. The normalized spacial score (nSPS) is 21.7. The predicted octanol–water partition coefficient (Wildman–Crippen LogP) is 0.914. The maximum absolute atomic E-state index is 12.6. The van der Waals surface area contributed by atoms with Crippen LogP contribution in [-0.4, -0.2) is 74.2 Å². The molecule has 21 heavy (non-hydrogen) atoms. The van der Waals surface area contributed by atoms with Gasteiger partial charge in [-0.05, 0) is 39.9 Å². The number of hydrogen-bond donors (Lipinski definition) is 1. The van der Waals surface area contributed by atoms with Gasteiger partial charge in [0.05, 0.1) is 18.4 Å². The Balaban J connectivity index is 2.62. The van der Waals surface area contributed by atoms with Gasteiger partial charge in [-0.15, -0.1) is 0 Å². The summed E-state index contributed by atoms with van der Waals surface area (Å²) in [6.45, 7) is 2.58. The average molecular weight is 300 g/mol. The number of carboxylic acids is 1. The fourth-order valence-electron chi connectivity index (χ4n) is 2.90. The van der Waals surface area contributed by atoms with Crippen LogP contribution < -0.4 is 0 Å². The van der Waals surface area contributed by atoms with Crippen molar-refractivity contribution in [1.29, 1.82) is 0 Å². The van der Waals surface area contributed by atoms with Crippen molar-refractivity contribution < 1.29 is 19.4 Å². The van der Waals surface area contributed by atoms with Gasteiger partial charge in [-0.2, -0.15) is 0 Å². The number of hydrogen-bond acceptors (Lipinski definition) is 4. The van der Waals surface area contributed by atoms with E-state index in [4.69, 9.17) is 4.74 Å². The molecule has 0 bridgehead atoms. The Labute approximate surface area is 127 Å². The molecule has 1 saturated carbocycles. The zero-order chi connectivity index (χ0) is 15.8. The lowest BCUT2D eigenvalue weighted by molar-refractivity contribution is -0.149. The van der Waals surface area contributed by atoms with Gasteiger partial charge in [-0.3, -0.25) is 9.59 Å². The van der Waals surface area contributed by atoms with Gasteiger partial charge in [0.1, 0.15) is 0 Å². The number of carbonyl (C=O) groups is 2. The van der Waals surface area contributed by atoms with Crippen molar-refractivity contribution in [2.24, 2.45) is 11.8 Å². The first-order valence-electron chi connectivity index (χ1n) is 7.62. The number of aliphatic carboxylic acids is 1. The van der Waals surface area contributed by atoms with Crippen LogP contribution in [0.15, 0.2) is 0 Å². The molecule has 6 nitrogen and oxygen atoms in total. The lowest BCUT2D eigenvalue weighted by Gasteiger charge is -2.27. The maximum Gasteiger partial charge on any atom is 0.307 e. The molecule has 122 valence electrons. The fraction of sp³-hybridized carbons (Fsp3) is 0.867. The standard InChI is InChI=1S/C15H28N2O4/c1-16(2)8-5-9-17(10-11-21-3)14(18)12-6-4-7-13(12)15(19)20/h12-13H,4-11H2,1-3H3,(H,19,20). The quantitative estimate of drug-likeness (QED) is 0.685. The molecule has 0 saturated heterocycles. The molecular weight excluding hydrogens is 272 g/mol. The molecule has 6 heteroatoms. The van der Waals surface area contributed by atoms with E-state index in [1.165, 1.54) is 0 Å². The Hall–Kier alpha value is -1.14. The summed E-state index contributed by atoms with van der Waals surface area (Å²) in [4.78, 5) is 27.7. The summed E-state index contributed by atoms with van der Waals surface area (Å²) in [5, 5.41) is 9.24. The number of carbonyl (C=O) groups excluding carboxylic acids is 1. The van der Waals surface area contributed by atoms with Crippen molar-refractivity contribution in [2.75, 3.05) is 47.4 Å². The van der Waals surface area contributed by atoms with E-state index in [1.54, 1.807) is 12.0 Å². The summed E-state index contributed by atoms with van der Waals surface area (Å²) >= 11 is 0. The van der Waals surface area contributed by atoms with Crippen LogP contribution in [0.25, 0.3) is 0 Å². The minimum Gasteiger partial charge on any atom is -0.481 e. The molecule has 2 unspecified atom stereocenters. The van der Waals surface area contributed by atoms with Crippen molar-refractivity contribution in [1.82, 2.24) is 9.80 Å². The minimum atomic E-state index is -0.842. The predicted molar refractivity (Wildman–Crippen MR) is 80.1 cm³/mol. The third-order valence-electron chi connectivity index (χ3n) is 4.06. The van der Waals surface area contributed by atoms with Crippen LogP contribution in [0, 0.1) is 11.8 Å². The van der Waals surface area contributed by atoms with Gasteiger partial charge < -0.3 is 19.6 Å². The largest absolute Gasteiger partial charge is 0.481 e. The van der Waals surface area contributed by atoms with Gasteiger partial charge in [0, 0.05) is 20.2 Å². The molecule has 0 aromatic heterocycles. The number of rotatable bonds is 9. The second-order valence-corrected chi connectivity index (χ2v) is 5.96. The fourth-order valence-corrected chi connectivity index (χ4v) is 2.90. The number of methoxy groups -OCH3 is 1. The van der Waals surface area contributed by atoms with E-state index in [1.807, 2.05) is 14.1 Å². The molecule has 1 rings (SSSR count). The monoisotopic (exact) mass is 300 g/mol. The van der Waals surface area contributed by atoms with E-state index in [2.05, 4.69) is 4.90 Å². The smallest absolute Gasteiger partial charge is 0.307 e. The number of carboxylic acid groups (broad SMARTS) is 1. The summed E-state index contributed by atoms with van der Waals surface area (Å²) in [5.41, 5.74) is 0. The molecular formula is C15H28N2O4. The summed E-state index contributed by atoms with van der Waals surface area (Å²) in [5.74, 6) is -1.74. The Morgan fingerprint density at radius 3 is 2.38 bits per heavy atom. The lowest BCUT2D eigenvalue weighted by Crippen LogP contribution is -2.42. The Kier molecular flexibility index (Phi) is 7.67. The second kappa shape index (κ2) is 9.00. The van der Waals surface area contributed by atoms with E-state index in [0.717, 1.165) is 19.4 Å². The molecule has 0 spiro atoms. The molecule has 0 aromatic carbocycles. The van der Waals surface area contributed by atoms with Crippen LogP contribution in [0.5, 0.6) is 0 Å². The third kappa shape index (κ3) is 5.63. The molecule has 1 fully saturated rings. The van der Waals surface area contributed by atoms with Crippen molar-refractivity contribution in [3.8, 4) is 0 Å². The van der Waals surface area contributed by atoms with E-state index in [0.29, 0.717) is 32.5 Å². The van der Waals surface area contributed by atoms with Gasteiger partial charge in [0.2, 0.25) is 5.91 Å². The van der Waals surface area contributed by atoms with Crippen LogP contribution in [0.1, 0.15) is 25.7 Å². The van der Waals surface area contributed by atoms with Crippen molar-refractivity contribution in [2.45, 2.75) is 25.7 Å². The first-order valence-corrected chi connectivity index (χ1v) is 7.62. The zero-order valence-electron chi connectivity index (χ0n) is 13.4. The van der Waals surface area contributed by atoms with Crippen molar-refractivity contribution in [3.63, 3.8) is 0 Å². The van der Waals surface area contributed by atoms with Gasteiger partial charge in [-0.1, -0.05) is 6.42 Å². The van der Waals surface area contributed by atoms with E-state index in [9.17, 15) is 14.7 Å². The number of amides is 1. The van der Waals surface area contributed by atoms with Crippen LogP contribution in [0.2, 0.25) is 0 Å².